The van der Waals surface area contributed by atoms with Crippen LogP contribution in [-0.2, 0) is 6.54 Å². The molecule has 0 aliphatic heterocycles. The molecular weight excluding hydrogens is 152 g/mol. The highest BCUT2D eigenvalue weighted by atomic mass is 35.5. The van der Waals surface area contributed by atoms with E-state index in [9.17, 15) is 0 Å². The van der Waals surface area contributed by atoms with Gasteiger partial charge in [0.15, 0.2) is 5.15 Å². The number of aromatic nitrogens is 3. The predicted molar refractivity (Wildman–Crippen MR) is 35.4 cm³/mol. The summed E-state index contributed by atoms with van der Waals surface area (Å²) in [5.41, 5.74) is 0.184. The van der Waals surface area contributed by atoms with E-state index >= 15 is 0 Å². The number of rotatable bonds is 1. The molecule has 0 atom stereocenters. The minimum atomic E-state index is 0.184. The Balaban J connectivity index is 3.12. The lowest BCUT2D eigenvalue weighted by atomic mass is 10.5. The van der Waals surface area contributed by atoms with Crippen molar-refractivity contribution in [2.24, 2.45) is 0 Å². The molecule has 0 aliphatic carbocycles. The fourth-order valence-corrected chi connectivity index (χ4v) is 0.805. The molecule has 5 heteroatoms. The summed E-state index contributed by atoms with van der Waals surface area (Å²) in [7, 11) is 0. The number of hydrogen-bond acceptors (Lipinski definition) is 3. The van der Waals surface area contributed by atoms with Crippen LogP contribution in [0.3, 0.4) is 0 Å². The van der Waals surface area contributed by atoms with Gasteiger partial charge in [-0.3, -0.25) is 0 Å². The number of aryl methyl sites for hydroxylation is 1. The summed E-state index contributed by atoms with van der Waals surface area (Å²) >= 11 is 5.64. The molecule has 0 N–H and O–H groups in total. The normalized spacial score (nSPS) is 9.30. The van der Waals surface area contributed by atoms with E-state index in [2.05, 4.69) is 10.3 Å². The van der Waals surface area contributed by atoms with Crippen molar-refractivity contribution in [1.82, 2.24) is 15.0 Å². The molecular formula is C5H5ClN4. The van der Waals surface area contributed by atoms with Crippen LogP contribution in [0, 0.1) is 11.3 Å². The Labute approximate surface area is 63.0 Å². The van der Waals surface area contributed by atoms with Gasteiger partial charge in [-0.2, -0.15) is 5.26 Å². The highest BCUT2D eigenvalue weighted by Crippen LogP contribution is 2.10. The summed E-state index contributed by atoms with van der Waals surface area (Å²) in [5.74, 6) is 0. The minimum Gasteiger partial charge on any atom is -0.233 e. The van der Waals surface area contributed by atoms with Crippen molar-refractivity contribution in [2.75, 3.05) is 0 Å². The Hall–Kier alpha value is -1.08. The third-order valence-corrected chi connectivity index (χ3v) is 1.45. The summed E-state index contributed by atoms with van der Waals surface area (Å²) in [6.45, 7) is 2.51. The van der Waals surface area contributed by atoms with E-state index in [1.165, 1.54) is 4.68 Å². The lowest BCUT2D eigenvalue weighted by molar-refractivity contribution is 0.627. The van der Waals surface area contributed by atoms with Gasteiger partial charge in [0.05, 0.1) is 0 Å². The number of nitrogens with zero attached hydrogens (tertiary/aromatic N) is 4. The van der Waals surface area contributed by atoms with Gasteiger partial charge in [0.2, 0.25) is 5.69 Å². The number of halogens is 1. The topological polar surface area (TPSA) is 54.5 Å². The van der Waals surface area contributed by atoms with Crippen molar-refractivity contribution in [3.63, 3.8) is 0 Å². The van der Waals surface area contributed by atoms with E-state index in [1.807, 2.05) is 13.0 Å². The molecule has 52 valence electrons. The van der Waals surface area contributed by atoms with E-state index in [0.717, 1.165) is 0 Å². The van der Waals surface area contributed by atoms with Crippen LogP contribution in [0.15, 0.2) is 0 Å². The maximum absolute atomic E-state index is 8.38. The van der Waals surface area contributed by atoms with Crippen molar-refractivity contribution in [2.45, 2.75) is 13.5 Å². The van der Waals surface area contributed by atoms with Crippen molar-refractivity contribution >= 4 is 11.6 Å². The first-order valence-electron chi connectivity index (χ1n) is 2.78. The first-order chi connectivity index (χ1) is 4.79. The van der Waals surface area contributed by atoms with E-state index in [4.69, 9.17) is 16.9 Å². The van der Waals surface area contributed by atoms with Gasteiger partial charge in [-0.1, -0.05) is 16.8 Å². The quantitative estimate of drug-likeness (QED) is 0.605. The van der Waals surface area contributed by atoms with Crippen LogP contribution >= 0.6 is 11.6 Å². The average molecular weight is 157 g/mol. The fraction of sp³-hybridized carbons (Fsp3) is 0.400. The summed E-state index contributed by atoms with van der Waals surface area (Å²) in [6.07, 6.45) is 0. The zero-order valence-electron chi connectivity index (χ0n) is 5.37. The third-order valence-electron chi connectivity index (χ3n) is 1.08. The Kier molecular flexibility index (Phi) is 1.88. The molecule has 4 nitrogen and oxygen atoms in total. The smallest absolute Gasteiger partial charge is 0.201 e. The van der Waals surface area contributed by atoms with Crippen LogP contribution in [-0.4, -0.2) is 15.0 Å². The molecule has 0 fully saturated rings. The molecule has 0 aromatic carbocycles. The zero-order valence-corrected chi connectivity index (χ0v) is 6.13. The summed E-state index contributed by atoms with van der Waals surface area (Å²) in [4.78, 5) is 0. The van der Waals surface area contributed by atoms with E-state index in [1.54, 1.807) is 0 Å². The maximum atomic E-state index is 8.38. The Morgan fingerprint density at radius 2 is 2.50 bits per heavy atom. The number of hydrogen-bond donors (Lipinski definition) is 0. The molecule has 1 heterocycles. The van der Waals surface area contributed by atoms with Crippen molar-refractivity contribution in [3.05, 3.63) is 10.8 Å². The van der Waals surface area contributed by atoms with E-state index in [-0.39, 0.29) is 5.69 Å². The molecule has 0 unspecified atom stereocenters. The molecule has 0 bridgehead atoms. The molecule has 1 aromatic rings. The lowest BCUT2D eigenvalue weighted by Gasteiger charge is -1.91. The largest absolute Gasteiger partial charge is 0.233 e. The molecule has 0 radical (unpaired) electrons. The fourth-order valence-electron chi connectivity index (χ4n) is 0.572. The SMILES string of the molecule is CCn1nnc(C#N)c1Cl. The third kappa shape index (κ3) is 0.957. The first-order valence-corrected chi connectivity index (χ1v) is 3.16. The van der Waals surface area contributed by atoms with Crippen LogP contribution in [0.1, 0.15) is 12.6 Å². The molecule has 1 aromatic heterocycles. The molecule has 0 aliphatic rings. The molecule has 0 saturated heterocycles. The van der Waals surface area contributed by atoms with E-state index in [0.29, 0.717) is 11.7 Å². The monoisotopic (exact) mass is 156 g/mol. The highest BCUT2D eigenvalue weighted by molar-refractivity contribution is 6.30. The predicted octanol–water partition coefficient (Wildman–Crippen LogP) is 0.823. The van der Waals surface area contributed by atoms with Crippen LogP contribution < -0.4 is 0 Å². The highest BCUT2D eigenvalue weighted by Gasteiger charge is 2.06. The summed E-state index contributed by atoms with van der Waals surface area (Å²) in [5, 5.41) is 15.8. The lowest BCUT2D eigenvalue weighted by Crippen LogP contribution is -1.95. The average Bonchev–Trinajstić information content (AvgIpc) is 2.30. The second-order valence-electron chi connectivity index (χ2n) is 1.66. The van der Waals surface area contributed by atoms with Crippen molar-refractivity contribution in [1.29, 1.82) is 5.26 Å². The molecule has 10 heavy (non-hydrogen) atoms. The second-order valence-corrected chi connectivity index (χ2v) is 2.01. The van der Waals surface area contributed by atoms with Gasteiger partial charge in [-0.25, -0.2) is 4.68 Å². The van der Waals surface area contributed by atoms with Crippen LogP contribution in [0.4, 0.5) is 0 Å². The molecule has 0 spiro atoms. The van der Waals surface area contributed by atoms with E-state index < -0.39 is 0 Å². The molecule has 0 saturated carbocycles. The Morgan fingerprint density at radius 3 is 2.80 bits per heavy atom. The maximum Gasteiger partial charge on any atom is 0.201 e. The van der Waals surface area contributed by atoms with Gasteiger partial charge < -0.3 is 0 Å². The van der Waals surface area contributed by atoms with Gasteiger partial charge in [-0.15, -0.1) is 5.10 Å². The number of nitriles is 1. The summed E-state index contributed by atoms with van der Waals surface area (Å²) in [6, 6.07) is 1.82. The molecule has 0 amide bonds. The minimum absolute atomic E-state index is 0.184. The second kappa shape index (κ2) is 2.67. The van der Waals surface area contributed by atoms with Crippen LogP contribution in [0.2, 0.25) is 5.15 Å². The van der Waals surface area contributed by atoms with Gasteiger partial charge >= 0.3 is 0 Å². The zero-order chi connectivity index (χ0) is 7.56. The van der Waals surface area contributed by atoms with Crippen molar-refractivity contribution in [3.8, 4) is 6.07 Å². The standard InChI is InChI=1S/C5H5ClN4/c1-2-10-5(6)4(3-7)8-9-10/h2H2,1H3. The van der Waals surface area contributed by atoms with Crippen molar-refractivity contribution < 1.29 is 0 Å². The Morgan fingerprint density at radius 1 is 1.80 bits per heavy atom. The first kappa shape index (κ1) is 7.03. The van der Waals surface area contributed by atoms with Crippen LogP contribution in [0.5, 0.6) is 0 Å². The Bertz CT molecular complexity index is 272. The molecule has 1 rings (SSSR count). The van der Waals surface area contributed by atoms with Crippen LogP contribution in [0.25, 0.3) is 0 Å². The van der Waals surface area contributed by atoms with Gasteiger partial charge in [0.1, 0.15) is 6.07 Å². The summed E-state index contributed by atoms with van der Waals surface area (Å²) < 4.78 is 1.46. The van der Waals surface area contributed by atoms with Gasteiger partial charge in [-0.05, 0) is 6.92 Å². The van der Waals surface area contributed by atoms with Gasteiger partial charge in [0.25, 0.3) is 0 Å². The van der Waals surface area contributed by atoms with Gasteiger partial charge in [0, 0.05) is 6.54 Å².